The molecule has 0 saturated heterocycles. The summed E-state index contributed by atoms with van der Waals surface area (Å²) in [6.45, 7) is 4.60. The van der Waals surface area contributed by atoms with E-state index in [-0.39, 0.29) is 11.7 Å². The summed E-state index contributed by atoms with van der Waals surface area (Å²) >= 11 is 1.67. The minimum atomic E-state index is -0.322. The summed E-state index contributed by atoms with van der Waals surface area (Å²) in [4.78, 5) is 13.9. The first-order valence-corrected chi connectivity index (χ1v) is 5.56. The summed E-state index contributed by atoms with van der Waals surface area (Å²) in [5, 5.41) is 15.5. The summed E-state index contributed by atoms with van der Waals surface area (Å²) in [5.41, 5.74) is 1.24. The van der Waals surface area contributed by atoms with Crippen LogP contribution in [0.2, 0.25) is 0 Å². The number of nitrogens with zero attached hydrogens (tertiary/aromatic N) is 3. The second kappa shape index (κ2) is 4.40. The van der Waals surface area contributed by atoms with Gasteiger partial charge in [0.1, 0.15) is 0 Å². The minimum Gasteiger partial charge on any atom is -0.344 e. The molecule has 0 aromatic carbocycles. The molecule has 84 valence electrons. The molecule has 0 aliphatic heterocycles. The zero-order valence-electron chi connectivity index (χ0n) is 8.94. The van der Waals surface area contributed by atoms with Crippen molar-refractivity contribution in [2.24, 2.45) is 0 Å². The number of aromatic nitrogens is 4. The van der Waals surface area contributed by atoms with Crippen LogP contribution in [-0.2, 0) is 6.54 Å². The van der Waals surface area contributed by atoms with Crippen LogP contribution in [0.3, 0.4) is 0 Å². The molecule has 16 heavy (non-hydrogen) atoms. The average molecular weight is 237 g/mol. The normalized spacial score (nSPS) is 10.4. The zero-order valence-corrected chi connectivity index (χ0v) is 9.76. The Balaban J connectivity index is 1.95. The second-order valence-electron chi connectivity index (χ2n) is 3.37. The van der Waals surface area contributed by atoms with Gasteiger partial charge in [-0.3, -0.25) is 4.79 Å². The SMILES string of the molecule is Cc1cc(CNC(=O)c2nn[nH]n2)sc1C. The predicted octanol–water partition coefficient (Wildman–Crippen LogP) is 0.808. The van der Waals surface area contributed by atoms with Crippen molar-refractivity contribution in [1.82, 2.24) is 25.9 Å². The highest BCUT2D eigenvalue weighted by molar-refractivity contribution is 7.12. The Morgan fingerprint density at radius 3 is 2.94 bits per heavy atom. The van der Waals surface area contributed by atoms with Gasteiger partial charge in [0.05, 0.1) is 6.54 Å². The monoisotopic (exact) mass is 237 g/mol. The third-order valence-corrected chi connectivity index (χ3v) is 3.34. The predicted molar refractivity (Wildman–Crippen MR) is 59.1 cm³/mol. The molecule has 0 aliphatic rings. The number of aryl methyl sites for hydroxylation is 2. The highest BCUT2D eigenvalue weighted by atomic mass is 32.1. The van der Waals surface area contributed by atoms with Crippen molar-refractivity contribution in [3.8, 4) is 0 Å². The number of thiophene rings is 1. The Morgan fingerprint density at radius 1 is 1.56 bits per heavy atom. The molecular weight excluding hydrogens is 226 g/mol. The van der Waals surface area contributed by atoms with Crippen molar-refractivity contribution in [3.05, 3.63) is 27.2 Å². The molecule has 0 fully saturated rings. The van der Waals surface area contributed by atoms with Gasteiger partial charge in [0, 0.05) is 9.75 Å². The Hall–Kier alpha value is -1.76. The maximum Gasteiger partial charge on any atom is 0.293 e. The molecule has 7 heteroatoms. The smallest absolute Gasteiger partial charge is 0.293 e. The Morgan fingerprint density at radius 2 is 2.38 bits per heavy atom. The maximum absolute atomic E-state index is 11.5. The first kappa shape index (κ1) is 10.7. The van der Waals surface area contributed by atoms with Crippen LogP contribution in [0, 0.1) is 13.8 Å². The fraction of sp³-hybridized carbons (Fsp3) is 0.333. The van der Waals surface area contributed by atoms with Crippen LogP contribution in [0.25, 0.3) is 0 Å². The van der Waals surface area contributed by atoms with E-state index < -0.39 is 0 Å². The Kier molecular flexibility index (Phi) is 2.95. The standard InChI is InChI=1S/C9H11N5OS/c1-5-3-7(16-6(5)2)4-10-9(15)8-11-13-14-12-8/h3H,4H2,1-2H3,(H,10,15)(H,11,12,13,14). The van der Waals surface area contributed by atoms with E-state index in [9.17, 15) is 4.79 Å². The number of aromatic amines is 1. The first-order valence-electron chi connectivity index (χ1n) is 4.74. The van der Waals surface area contributed by atoms with E-state index in [0.717, 1.165) is 4.88 Å². The van der Waals surface area contributed by atoms with Gasteiger partial charge in [-0.1, -0.05) is 0 Å². The summed E-state index contributed by atoms with van der Waals surface area (Å²) in [7, 11) is 0. The summed E-state index contributed by atoms with van der Waals surface area (Å²) in [6, 6.07) is 2.07. The van der Waals surface area contributed by atoms with Gasteiger partial charge in [0.2, 0.25) is 0 Å². The third kappa shape index (κ3) is 2.25. The van der Waals surface area contributed by atoms with Gasteiger partial charge < -0.3 is 5.32 Å². The average Bonchev–Trinajstić information content (AvgIpc) is 2.86. The van der Waals surface area contributed by atoms with E-state index in [0.29, 0.717) is 6.54 Å². The van der Waals surface area contributed by atoms with E-state index in [4.69, 9.17) is 0 Å². The number of amides is 1. The number of tetrazole rings is 1. The first-order chi connectivity index (χ1) is 7.66. The van der Waals surface area contributed by atoms with Crippen molar-refractivity contribution in [1.29, 1.82) is 0 Å². The molecule has 0 bridgehead atoms. The molecule has 1 amide bonds. The third-order valence-electron chi connectivity index (χ3n) is 2.19. The van der Waals surface area contributed by atoms with Gasteiger partial charge in [0.15, 0.2) is 0 Å². The van der Waals surface area contributed by atoms with Crippen LogP contribution in [0.4, 0.5) is 0 Å². The fourth-order valence-corrected chi connectivity index (χ4v) is 2.23. The van der Waals surface area contributed by atoms with Gasteiger partial charge in [-0.15, -0.1) is 21.5 Å². The Labute approximate surface area is 96.1 Å². The van der Waals surface area contributed by atoms with Crippen molar-refractivity contribution in [3.63, 3.8) is 0 Å². The lowest BCUT2D eigenvalue weighted by Gasteiger charge is -1.98. The van der Waals surface area contributed by atoms with Gasteiger partial charge in [-0.2, -0.15) is 5.21 Å². The summed E-state index contributed by atoms with van der Waals surface area (Å²) in [5.74, 6) is -0.262. The van der Waals surface area contributed by atoms with E-state index >= 15 is 0 Å². The fourth-order valence-electron chi connectivity index (χ4n) is 1.24. The molecule has 0 spiro atoms. The van der Waals surface area contributed by atoms with Crippen molar-refractivity contribution >= 4 is 17.2 Å². The van der Waals surface area contributed by atoms with Crippen LogP contribution in [0.15, 0.2) is 6.07 Å². The zero-order chi connectivity index (χ0) is 11.5. The van der Waals surface area contributed by atoms with Gasteiger partial charge >= 0.3 is 0 Å². The topological polar surface area (TPSA) is 83.6 Å². The van der Waals surface area contributed by atoms with Crippen LogP contribution >= 0.6 is 11.3 Å². The largest absolute Gasteiger partial charge is 0.344 e. The molecule has 2 N–H and O–H groups in total. The molecule has 2 rings (SSSR count). The van der Waals surface area contributed by atoms with Crippen molar-refractivity contribution in [2.45, 2.75) is 20.4 Å². The highest BCUT2D eigenvalue weighted by Gasteiger charge is 2.10. The molecule has 2 aromatic heterocycles. The van der Waals surface area contributed by atoms with E-state index in [1.165, 1.54) is 10.4 Å². The lowest BCUT2D eigenvalue weighted by Crippen LogP contribution is -2.23. The number of carbonyl (C=O) groups is 1. The van der Waals surface area contributed by atoms with E-state index in [1.807, 2.05) is 0 Å². The molecule has 0 aliphatic carbocycles. The summed E-state index contributed by atoms with van der Waals surface area (Å²) in [6.07, 6.45) is 0. The molecule has 0 radical (unpaired) electrons. The van der Waals surface area contributed by atoms with Gasteiger partial charge in [-0.25, -0.2) is 0 Å². The van der Waals surface area contributed by atoms with E-state index in [1.54, 1.807) is 11.3 Å². The number of hydrogen-bond acceptors (Lipinski definition) is 5. The molecule has 0 atom stereocenters. The number of nitrogens with one attached hydrogen (secondary N) is 2. The molecule has 0 saturated carbocycles. The number of hydrogen-bond donors (Lipinski definition) is 2. The van der Waals surface area contributed by atoms with Crippen molar-refractivity contribution < 1.29 is 4.79 Å². The van der Waals surface area contributed by atoms with E-state index in [2.05, 4.69) is 45.9 Å². The lowest BCUT2D eigenvalue weighted by atomic mass is 10.3. The van der Waals surface area contributed by atoms with Crippen LogP contribution < -0.4 is 5.32 Å². The summed E-state index contributed by atoms with van der Waals surface area (Å²) < 4.78 is 0. The van der Waals surface area contributed by atoms with Gasteiger partial charge in [0.25, 0.3) is 11.7 Å². The second-order valence-corrected chi connectivity index (χ2v) is 4.71. The molecule has 2 heterocycles. The van der Waals surface area contributed by atoms with Gasteiger partial charge in [-0.05, 0) is 30.7 Å². The van der Waals surface area contributed by atoms with Crippen LogP contribution in [0.5, 0.6) is 0 Å². The molecular formula is C9H11N5OS. The quantitative estimate of drug-likeness (QED) is 0.827. The maximum atomic E-state index is 11.5. The number of rotatable bonds is 3. The number of carbonyl (C=O) groups excluding carboxylic acids is 1. The van der Waals surface area contributed by atoms with Crippen LogP contribution in [-0.4, -0.2) is 26.5 Å². The molecule has 6 nitrogen and oxygen atoms in total. The molecule has 2 aromatic rings. The highest BCUT2D eigenvalue weighted by Crippen LogP contribution is 2.20. The number of H-pyrrole nitrogens is 1. The lowest BCUT2D eigenvalue weighted by molar-refractivity contribution is 0.0941. The minimum absolute atomic E-state index is 0.0602. The van der Waals surface area contributed by atoms with Crippen molar-refractivity contribution in [2.75, 3.05) is 0 Å². The van der Waals surface area contributed by atoms with Crippen LogP contribution in [0.1, 0.15) is 25.9 Å². The Bertz CT molecular complexity index is 470. The molecule has 0 unspecified atom stereocenters.